The Bertz CT molecular complexity index is 3330. The predicted octanol–water partition coefficient (Wildman–Crippen LogP) is 11.6. The average Bonchev–Trinajstić information content (AvgIpc) is 4.20. The van der Waals surface area contributed by atoms with Crippen LogP contribution >= 0.6 is 11.3 Å². The second kappa shape index (κ2) is 19.8. The van der Waals surface area contributed by atoms with Gasteiger partial charge in [-0.2, -0.15) is 9.97 Å². The molecule has 7 unspecified atom stereocenters. The number of anilines is 4. The highest BCUT2D eigenvalue weighted by Crippen LogP contribution is 2.52. The molecule has 382 valence electrons. The van der Waals surface area contributed by atoms with E-state index in [0.717, 1.165) is 95.2 Å². The number of aromatic amines is 1. The molecule has 14 nitrogen and oxygen atoms in total. The van der Waals surface area contributed by atoms with Gasteiger partial charge in [0.1, 0.15) is 22.7 Å². The number of H-pyrrole nitrogens is 1. The normalized spacial score (nSPS) is 24.4. The molecular weight excluding hydrogens is 945 g/mol. The summed E-state index contributed by atoms with van der Waals surface area (Å²) in [6.07, 6.45) is 4.84. The van der Waals surface area contributed by atoms with Crippen LogP contribution in [0.2, 0.25) is 0 Å². The average molecular weight is 1010 g/mol. The number of ether oxygens (including phenoxy) is 2. The molecule has 1 aliphatic heterocycles. The van der Waals surface area contributed by atoms with E-state index < -0.39 is 17.6 Å². The lowest BCUT2D eigenvalue weighted by molar-refractivity contribution is -0.180. The molecule has 11 rings (SSSR count). The van der Waals surface area contributed by atoms with Gasteiger partial charge in [0.05, 0.1) is 38.4 Å². The standard InChI is InChI=1S/C59H66N10O4S/c1-8-38-20-22-40(23-21-38)31-61-55-62-36(4)48(46-28-41-12-9-10-14-45(41)64-46)52(66-55)69-59-27-25-44(33-71)51(59)72-58(7,73-59)29-42-13-11-15-47-50(42)65-54(74-47)49-37(5)63-56(60-30-39-18-16-34(2)17-19-39)67-53(49)68-57(6)26-24-43(32-70)35(57)3/h8-23,28,35,43-44,51,64,70-71H,1,24-27,29-33H2,2-7H3,(H2,60,63,67,68)(H2,61,62,66,69). The van der Waals surface area contributed by atoms with Crippen LogP contribution in [0.5, 0.6) is 0 Å². The van der Waals surface area contributed by atoms with Gasteiger partial charge in [-0.1, -0.05) is 104 Å². The largest absolute Gasteiger partial charge is 0.396 e. The van der Waals surface area contributed by atoms with Crippen molar-refractivity contribution in [1.82, 2.24) is 29.9 Å². The van der Waals surface area contributed by atoms with Gasteiger partial charge in [0.2, 0.25) is 11.9 Å². The Labute approximate surface area is 436 Å². The molecule has 4 aromatic carbocycles. The van der Waals surface area contributed by atoms with Gasteiger partial charge >= 0.3 is 0 Å². The Balaban J connectivity index is 0.920. The number of rotatable bonds is 17. The van der Waals surface area contributed by atoms with Gasteiger partial charge in [0, 0.05) is 55.1 Å². The van der Waals surface area contributed by atoms with Gasteiger partial charge in [-0.3, -0.25) is 0 Å². The van der Waals surface area contributed by atoms with E-state index in [1.165, 1.54) is 5.56 Å². The number of fused-ring (bicyclic) bond motifs is 3. The van der Waals surface area contributed by atoms with Crippen molar-refractivity contribution in [3.8, 4) is 21.8 Å². The molecule has 1 saturated heterocycles. The number of benzene rings is 4. The summed E-state index contributed by atoms with van der Waals surface area (Å²) in [6, 6.07) is 33.3. The van der Waals surface area contributed by atoms with Gasteiger partial charge in [-0.05, 0) is 113 Å². The summed E-state index contributed by atoms with van der Waals surface area (Å²) in [5.41, 5.74) is 10.1. The molecule has 0 bridgehead atoms. The minimum Gasteiger partial charge on any atom is -0.396 e. The van der Waals surface area contributed by atoms with Crippen LogP contribution < -0.4 is 21.3 Å². The molecule has 74 heavy (non-hydrogen) atoms. The third-order valence-electron chi connectivity index (χ3n) is 15.9. The number of thiazole rings is 1. The summed E-state index contributed by atoms with van der Waals surface area (Å²) in [5, 5.41) is 37.7. The lowest BCUT2D eigenvalue weighted by Crippen LogP contribution is -2.46. The molecule has 2 aliphatic carbocycles. The first-order chi connectivity index (χ1) is 35.7. The van der Waals surface area contributed by atoms with E-state index in [9.17, 15) is 10.2 Å². The third kappa shape index (κ3) is 9.52. The highest BCUT2D eigenvalue weighted by Gasteiger charge is 2.61. The summed E-state index contributed by atoms with van der Waals surface area (Å²) in [4.78, 5) is 29.4. The molecule has 3 aliphatic rings. The van der Waals surface area contributed by atoms with Gasteiger partial charge < -0.3 is 45.9 Å². The van der Waals surface area contributed by atoms with E-state index in [-0.39, 0.29) is 36.5 Å². The summed E-state index contributed by atoms with van der Waals surface area (Å²) in [5.74, 6) is 1.44. The maximum absolute atomic E-state index is 10.9. The van der Waals surface area contributed by atoms with Crippen molar-refractivity contribution in [3.05, 3.63) is 143 Å². The highest BCUT2D eigenvalue weighted by atomic mass is 32.1. The van der Waals surface area contributed by atoms with Crippen LogP contribution in [0.3, 0.4) is 0 Å². The molecule has 5 heterocycles. The van der Waals surface area contributed by atoms with Crippen LogP contribution in [0.4, 0.5) is 23.5 Å². The van der Waals surface area contributed by atoms with Gasteiger partial charge in [-0.25, -0.2) is 15.0 Å². The van der Waals surface area contributed by atoms with E-state index in [1.807, 2.05) is 51.1 Å². The first-order valence-electron chi connectivity index (χ1n) is 25.9. The second-order valence-corrected chi connectivity index (χ2v) is 22.2. The number of nitrogens with zero attached hydrogens (tertiary/aromatic N) is 5. The topological polar surface area (TPSA) is 187 Å². The molecule has 0 amide bonds. The van der Waals surface area contributed by atoms with E-state index in [1.54, 1.807) is 11.3 Å². The smallest absolute Gasteiger partial charge is 0.225 e. The van der Waals surface area contributed by atoms with Crippen molar-refractivity contribution in [3.63, 3.8) is 0 Å². The number of aryl methyl sites for hydroxylation is 3. The molecule has 7 N–H and O–H groups in total. The Morgan fingerprint density at radius 2 is 1.42 bits per heavy atom. The fraction of sp³-hybridized carbons (Fsp3) is 0.373. The number of hydrogen-bond acceptors (Lipinski definition) is 14. The van der Waals surface area contributed by atoms with E-state index >= 15 is 0 Å². The van der Waals surface area contributed by atoms with Gasteiger partial charge in [0.25, 0.3) is 0 Å². The fourth-order valence-electron chi connectivity index (χ4n) is 11.6. The van der Waals surface area contributed by atoms with Gasteiger partial charge in [0.15, 0.2) is 11.5 Å². The van der Waals surface area contributed by atoms with Crippen molar-refractivity contribution >= 4 is 62.1 Å². The SMILES string of the molecule is C=Cc1ccc(CNc2nc(C)c(-c3cc4ccccc4[nH]3)c(NC34CCC(CO)C3OC(C)(Cc3cccc5sc(-c6c(C)nc(NCc7ccc(C)cc7)nc6NC6(C)CCC(CO)C6C)nc35)O4)n2)cc1. The summed E-state index contributed by atoms with van der Waals surface area (Å²) in [7, 11) is 0. The van der Waals surface area contributed by atoms with Crippen LogP contribution in [-0.4, -0.2) is 76.5 Å². The van der Waals surface area contributed by atoms with Crippen LogP contribution in [0.15, 0.2) is 104 Å². The zero-order valence-corrected chi connectivity index (χ0v) is 43.9. The maximum Gasteiger partial charge on any atom is 0.225 e. The van der Waals surface area contributed by atoms with Crippen molar-refractivity contribution in [1.29, 1.82) is 0 Å². The highest BCUT2D eigenvalue weighted by molar-refractivity contribution is 7.21. The molecule has 2 saturated carbocycles. The third-order valence-corrected chi connectivity index (χ3v) is 17.0. The fourth-order valence-corrected chi connectivity index (χ4v) is 12.7. The zero-order chi connectivity index (χ0) is 51.4. The minimum atomic E-state index is -1.11. The second-order valence-electron chi connectivity index (χ2n) is 21.2. The van der Waals surface area contributed by atoms with Crippen molar-refractivity contribution in [2.24, 2.45) is 17.8 Å². The molecule has 0 radical (unpaired) electrons. The van der Waals surface area contributed by atoms with Crippen molar-refractivity contribution in [2.75, 3.05) is 34.5 Å². The van der Waals surface area contributed by atoms with Crippen molar-refractivity contribution < 1.29 is 19.7 Å². The molecular formula is C59H66N10O4S. The molecule has 3 fully saturated rings. The maximum atomic E-state index is 10.9. The Hall–Kier alpha value is -6.75. The number of para-hydroxylation sites is 2. The Morgan fingerprint density at radius 1 is 0.757 bits per heavy atom. The lowest BCUT2D eigenvalue weighted by atomic mass is 9.86. The zero-order valence-electron chi connectivity index (χ0n) is 43.1. The molecule has 8 aromatic rings. The van der Waals surface area contributed by atoms with E-state index in [4.69, 9.17) is 34.4 Å². The first-order valence-corrected chi connectivity index (χ1v) is 26.7. The molecule has 0 spiro atoms. The molecule has 15 heteroatoms. The first kappa shape index (κ1) is 49.5. The van der Waals surface area contributed by atoms with Crippen molar-refractivity contribution in [2.45, 2.75) is 110 Å². The van der Waals surface area contributed by atoms with Crippen LogP contribution in [0.1, 0.15) is 85.7 Å². The number of aromatic nitrogens is 6. The van der Waals surface area contributed by atoms with Crippen LogP contribution in [0, 0.1) is 38.5 Å². The quantitative estimate of drug-likeness (QED) is 0.0457. The summed E-state index contributed by atoms with van der Waals surface area (Å²) < 4.78 is 15.4. The Morgan fingerprint density at radius 3 is 2.09 bits per heavy atom. The van der Waals surface area contributed by atoms with E-state index in [2.05, 4.69) is 126 Å². The molecule has 7 atom stereocenters. The number of nitrogens with one attached hydrogen (secondary N) is 5. The van der Waals surface area contributed by atoms with Crippen LogP contribution in [-0.2, 0) is 29.0 Å². The van der Waals surface area contributed by atoms with Gasteiger partial charge in [-0.15, -0.1) is 11.3 Å². The summed E-state index contributed by atoms with van der Waals surface area (Å²) in [6.45, 7) is 17.7. The summed E-state index contributed by atoms with van der Waals surface area (Å²) >= 11 is 1.61. The predicted molar refractivity (Wildman–Crippen MR) is 297 cm³/mol. The Kier molecular flexibility index (Phi) is 13.3. The minimum absolute atomic E-state index is 0.0514. The number of aliphatic hydroxyl groups excluding tert-OH is 2. The monoisotopic (exact) mass is 1010 g/mol. The molecule has 4 aromatic heterocycles. The lowest BCUT2D eigenvalue weighted by Gasteiger charge is -2.34. The van der Waals surface area contributed by atoms with E-state index in [0.29, 0.717) is 50.1 Å². The number of hydrogen-bond donors (Lipinski definition) is 7. The number of aliphatic hydroxyl groups is 2. The van der Waals surface area contributed by atoms with Crippen LogP contribution in [0.25, 0.3) is 49.0 Å².